The lowest BCUT2D eigenvalue weighted by atomic mass is 10.1. The standard InChI is InChI=1S/C16H18N6O2.C9H10N4O.C8H11N3O.C7H10N2O2.CBrN.CH4O/c1-4-22-13(7-9(2)20-22)15(24)19-16-18-11-8-10(14(17)23)5-6-12(11)21(16)3;1-13-7-3-2-5(8(10)14)4-6(7)12-9(13)11;1-11-7-3-2-5(8(10)12)4-6(7)9;1-3-9-6(7(10)11)4-5(2)8-9;2-1-3;1-2/h5-8H,4H2,1-3H3,(H2,17,23)(H,18,19,24);2-4H,1H3,(H2,10,14)(H2,11,12);2-4,11H,9H2,1H3,(H2,10,12);4H,3H2,1-2H3,(H,10,11);;2H,1H3. The number of aliphatic hydroxyl groups excluding tert-OH is 1. The molecule has 0 aliphatic carbocycles. The third-order valence-corrected chi connectivity index (χ3v) is 9.05. The minimum atomic E-state index is -0.924. The van der Waals surface area contributed by atoms with E-state index in [2.05, 4.69) is 46.7 Å². The zero-order valence-electron chi connectivity index (χ0n) is 37.5. The van der Waals surface area contributed by atoms with E-state index in [0.29, 0.717) is 64.1 Å². The molecule has 0 bridgehead atoms. The van der Waals surface area contributed by atoms with E-state index in [-0.39, 0.29) is 11.6 Å². The largest absolute Gasteiger partial charge is 0.477 e. The molecule has 4 aromatic heterocycles. The molecule has 3 aromatic carbocycles. The Morgan fingerprint density at radius 3 is 1.56 bits per heavy atom. The summed E-state index contributed by atoms with van der Waals surface area (Å²) in [4.78, 5) is 65.9. The van der Waals surface area contributed by atoms with Gasteiger partial charge >= 0.3 is 5.97 Å². The van der Waals surface area contributed by atoms with E-state index in [4.69, 9.17) is 44.1 Å². The van der Waals surface area contributed by atoms with E-state index in [1.54, 1.807) is 107 Å². The highest BCUT2D eigenvalue weighted by atomic mass is 79.9. The summed E-state index contributed by atoms with van der Waals surface area (Å²) in [5, 5.41) is 36.8. The van der Waals surface area contributed by atoms with Gasteiger partial charge in [-0.25, -0.2) is 14.8 Å². The highest BCUT2D eigenvalue weighted by molar-refractivity contribution is 9.12. The average Bonchev–Trinajstić information content (AvgIpc) is 4.03. The number of aryl methyl sites for hydroxylation is 6. The van der Waals surface area contributed by atoms with Gasteiger partial charge in [0, 0.05) is 74.0 Å². The maximum atomic E-state index is 12.5. The SMILES string of the molecule is CCn1nc(C)cc1C(=O)Nc1nc2cc(C(N)=O)ccc2n1C.CCn1nc(C)cc1C(=O)O.CNc1ccc(C(N)=O)cc1N.CO.Cn1c(N)nc2cc(C(N)=O)ccc21.N#CBr. The number of primary amides is 3. The van der Waals surface area contributed by atoms with Gasteiger partial charge in [-0.3, -0.25) is 33.9 Å². The van der Waals surface area contributed by atoms with E-state index in [0.717, 1.165) is 35.2 Å². The van der Waals surface area contributed by atoms with Crippen molar-refractivity contribution in [1.82, 2.24) is 38.7 Å². The van der Waals surface area contributed by atoms with E-state index >= 15 is 0 Å². The lowest BCUT2D eigenvalue weighted by molar-refractivity contribution is 0.0682. The molecule has 4 heterocycles. The molecule has 14 N–H and O–H groups in total. The zero-order chi connectivity index (χ0) is 50.0. The van der Waals surface area contributed by atoms with Gasteiger partial charge in [0.05, 0.1) is 44.8 Å². The Kier molecular flexibility index (Phi) is 20.5. The molecule has 0 radical (unpaired) electrons. The van der Waals surface area contributed by atoms with Gasteiger partial charge in [-0.15, -0.1) is 0 Å². The molecule has 0 aliphatic heterocycles. The molecule has 0 saturated heterocycles. The van der Waals surface area contributed by atoms with Crippen molar-refractivity contribution < 1.29 is 34.2 Å². The molecule has 0 spiro atoms. The Morgan fingerprint density at radius 1 is 0.712 bits per heavy atom. The van der Waals surface area contributed by atoms with Crippen LogP contribution in [0.3, 0.4) is 0 Å². The number of carbonyl (C=O) groups is 5. The number of fused-ring (bicyclic) bond motifs is 2. The molecular formula is C42H53BrN16O7. The third-order valence-electron chi connectivity index (χ3n) is 9.05. The number of hydrogen-bond donors (Lipinski definition) is 9. The van der Waals surface area contributed by atoms with Crippen LogP contribution in [0.1, 0.15) is 77.3 Å². The van der Waals surface area contributed by atoms with Gasteiger partial charge in [0.25, 0.3) is 5.91 Å². The van der Waals surface area contributed by atoms with Crippen LogP contribution in [0.4, 0.5) is 23.3 Å². The number of aromatic carboxylic acids is 1. The number of carboxylic acids is 1. The predicted molar refractivity (Wildman–Crippen MR) is 255 cm³/mol. The monoisotopic (exact) mass is 972 g/mol. The molecule has 4 amide bonds. The normalized spacial score (nSPS) is 9.83. The number of amides is 4. The highest BCUT2D eigenvalue weighted by Crippen LogP contribution is 2.21. The number of carboxylic acid groups (broad SMARTS) is 1. The number of nitrogen functional groups attached to an aromatic ring is 2. The van der Waals surface area contributed by atoms with Gasteiger partial charge in [0.1, 0.15) is 16.4 Å². The Bertz CT molecular complexity index is 2870. The Balaban J connectivity index is 0.000000308. The van der Waals surface area contributed by atoms with Gasteiger partial charge in [-0.2, -0.15) is 15.5 Å². The molecule has 23 nitrogen and oxygen atoms in total. The summed E-state index contributed by atoms with van der Waals surface area (Å²) in [5.74, 6) is -1.85. The Morgan fingerprint density at radius 2 is 1.14 bits per heavy atom. The number of carbonyl (C=O) groups excluding carboxylic acids is 4. The second kappa shape index (κ2) is 25.1. The van der Waals surface area contributed by atoms with Crippen molar-refractivity contribution >= 4 is 90.9 Å². The maximum Gasteiger partial charge on any atom is 0.354 e. The van der Waals surface area contributed by atoms with E-state index < -0.39 is 23.7 Å². The van der Waals surface area contributed by atoms with Crippen molar-refractivity contribution in [3.8, 4) is 4.98 Å². The number of aliphatic hydroxyl groups is 1. The van der Waals surface area contributed by atoms with Gasteiger partial charge in [-0.1, -0.05) is 0 Å². The molecule has 0 fully saturated rings. The number of nitriles is 1. The van der Waals surface area contributed by atoms with Crippen LogP contribution in [0, 0.1) is 24.1 Å². The Labute approximate surface area is 387 Å². The summed E-state index contributed by atoms with van der Waals surface area (Å²) < 4.78 is 6.60. The number of nitrogens with two attached hydrogens (primary N) is 5. The van der Waals surface area contributed by atoms with Crippen molar-refractivity contribution in [2.75, 3.05) is 36.3 Å². The molecule has 0 aliphatic rings. The number of anilines is 4. The third kappa shape index (κ3) is 14.1. The molecule has 0 unspecified atom stereocenters. The zero-order valence-corrected chi connectivity index (χ0v) is 39.1. The van der Waals surface area contributed by atoms with Crippen LogP contribution in [0.15, 0.2) is 66.7 Å². The molecule has 350 valence electrons. The summed E-state index contributed by atoms with van der Waals surface area (Å²) in [6, 6.07) is 18.2. The summed E-state index contributed by atoms with van der Waals surface area (Å²) in [6.07, 6.45) is 0. The minimum Gasteiger partial charge on any atom is -0.477 e. The van der Waals surface area contributed by atoms with Crippen molar-refractivity contribution in [3.63, 3.8) is 0 Å². The van der Waals surface area contributed by atoms with Gasteiger partial charge in [0.2, 0.25) is 29.6 Å². The van der Waals surface area contributed by atoms with Crippen LogP contribution in [0.2, 0.25) is 0 Å². The smallest absolute Gasteiger partial charge is 0.354 e. The molecule has 66 heavy (non-hydrogen) atoms. The first-order valence-electron chi connectivity index (χ1n) is 19.4. The number of halogens is 1. The number of rotatable bonds is 9. The van der Waals surface area contributed by atoms with Crippen molar-refractivity contribution in [2.24, 2.45) is 31.3 Å². The number of benzene rings is 3. The molecule has 7 aromatic rings. The first kappa shape index (κ1) is 53.8. The first-order chi connectivity index (χ1) is 31.2. The van der Waals surface area contributed by atoms with Crippen LogP contribution >= 0.6 is 15.9 Å². The lowest BCUT2D eigenvalue weighted by Gasteiger charge is -2.06. The number of hydrogen-bond acceptors (Lipinski definition) is 14. The highest BCUT2D eigenvalue weighted by Gasteiger charge is 2.17. The van der Waals surface area contributed by atoms with Gasteiger partial charge in [0.15, 0.2) is 0 Å². The van der Waals surface area contributed by atoms with Gasteiger partial charge < -0.3 is 53.3 Å². The topological polar surface area (TPSA) is 375 Å². The van der Waals surface area contributed by atoms with E-state index in [9.17, 15) is 24.0 Å². The number of imidazole rings is 2. The first-order valence-corrected chi connectivity index (χ1v) is 20.2. The molecule has 0 saturated carbocycles. The van der Waals surface area contributed by atoms with E-state index in [1.165, 1.54) is 4.68 Å². The summed E-state index contributed by atoms with van der Waals surface area (Å²) in [7, 11) is 6.36. The van der Waals surface area contributed by atoms with Crippen LogP contribution in [0.5, 0.6) is 0 Å². The fraction of sp³-hybridized carbons (Fsp3) is 0.238. The lowest BCUT2D eigenvalue weighted by Crippen LogP contribution is -2.19. The molecular weight excluding hydrogens is 920 g/mol. The van der Waals surface area contributed by atoms with Crippen molar-refractivity contribution in [3.05, 3.63) is 106 Å². The average molecular weight is 974 g/mol. The van der Waals surface area contributed by atoms with Crippen LogP contribution in [-0.2, 0) is 27.2 Å². The van der Waals surface area contributed by atoms with Crippen LogP contribution < -0.4 is 39.3 Å². The quantitative estimate of drug-likeness (QED) is 0.0935. The fourth-order valence-electron chi connectivity index (χ4n) is 5.87. The molecule has 24 heteroatoms. The summed E-state index contributed by atoms with van der Waals surface area (Å²) in [5.41, 5.74) is 34.4. The predicted octanol–water partition coefficient (Wildman–Crippen LogP) is 3.49. The molecule has 0 atom stereocenters. The Hall–Kier alpha value is -8.30. The second-order valence-corrected chi connectivity index (χ2v) is 13.7. The number of aromatic nitrogens is 8. The maximum absolute atomic E-state index is 12.5. The van der Waals surface area contributed by atoms with Crippen molar-refractivity contribution in [1.29, 1.82) is 5.26 Å². The minimum absolute atomic E-state index is 0.255. The van der Waals surface area contributed by atoms with Crippen molar-refractivity contribution in [2.45, 2.75) is 40.8 Å². The summed E-state index contributed by atoms with van der Waals surface area (Å²) in [6.45, 7) is 8.58. The summed E-state index contributed by atoms with van der Waals surface area (Å²) >= 11 is 2.45. The van der Waals surface area contributed by atoms with Crippen LogP contribution in [0.25, 0.3) is 22.1 Å². The molecule has 7 rings (SSSR count). The van der Waals surface area contributed by atoms with E-state index in [1.807, 2.05) is 27.8 Å². The number of nitrogens with zero attached hydrogens (tertiary/aromatic N) is 9. The van der Waals surface area contributed by atoms with Crippen LogP contribution in [-0.4, -0.2) is 92.6 Å². The fourth-order valence-corrected chi connectivity index (χ4v) is 5.87. The number of nitrogens with one attached hydrogen (secondary N) is 2. The second-order valence-electron chi connectivity index (χ2n) is 13.4. The van der Waals surface area contributed by atoms with Gasteiger partial charge in [-0.05, 0) is 94.4 Å².